The van der Waals surface area contributed by atoms with Crippen molar-refractivity contribution in [3.8, 4) is 5.75 Å². The number of ketones is 2. The number of quaternary nitrogens is 1. The van der Waals surface area contributed by atoms with Crippen molar-refractivity contribution < 1.29 is 79.3 Å². The fourth-order valence-corrected chi connectivity index (χ4v) is 14.9. The quantitative estimate of drug-likeness (QED) is 0.0310. The molecule has 0 bridgehead atoms. The molecule has 76 heavy (non-hydrogen) atoms. The third-order valence-electron chi connectivity index (χ3n) is 18.6. The van der Waals surface area contributed by atoms with E-state index in [1.807, 2.05) is 26.0 Å². The summed E-state index contributed by atoms with van der Waals surface area (Å²) < 4.78 is 43.3. The number of phosphoric acid groups is 1. The summed E-state index contributed by atoms with van der Waals surface area (Å²) in [7, 11) is -4.99. The molecule has 4 saturated carbocycles. The van der Waals surface area contributed by atoms with Gasteiger partial charge in [0.25, 0.3) is 0 Å². The van der Waals surface area contributed by atoms with E-state index in [4.69, 9.17) is 23.5 Å². The number of fused-ring (bicyclic) bond motifs is 7. The Hall–Kier alpha value is -3.31. The number of unbranched alkanes of at least 4 members (excludes halogenated alkanes) is 4. The van der Waals surface area contributed by atoms with Gasteiger partial charge in [-0.25, -0.2) is 9.36 Å². The van der Waals surface area contributed by atoms with Gasteiger partial charge in [0.2, 0.25) is 5.78 Å². The lowest BCUT2D eigenvalue weighted by Crippen LogP contribution is -3.00. The van der Waals surface area contributed by atoms with Crippen LogP contribution in [-0.4, -0.2) is 119 Å². The number of nitrogens with one attached hydrogen (secondary N) is 1. The Labute approximate surface area is 457 Å². The topological polar surface area (TPSA) is 207 Å². The van der Waals surface area contributed by atoms with Gasteiger partial charge in [0.15, 0.2) is 30.8 Å². The zero-order chi connectivity index (χ0) is 53.4. The van der Waals surface area contributed by atoms with Crippen molar-refractivity contribution >= 4 is 25.4 Å². The van der Waals surface area contributed by atoms with Crippen LogP contribution in [0, 0.1) is 34.5 Å². The third-order valence-corrected chi connectivity index (χ3v) is 19.1. The molecule has 0 radical (unpaired) electrons. The van der Waals surface area contributed by atoms with Crippen LogP contribution in [0.4, 0.5) is 0 Å². The van der Waals surface area contributed by atoms with Gasteiger partial charge in [-0.2, -0.15) is 0 Å². The summed E-state index contributed by atoms with van der Waals surface area (Å²) in [5, 5.41) is 26.9. The maximum atomic E-state index is 15.2. The van der Waals surface area contributed by atoms with Crippen molar-refractivity contribution in [2.45, 2.75) is 167 Å². The lowest BCUT2D eigenvalue weighted by molar-refractivity contribution is -0.931. The van der Waals surface area contributed by atoms with Crippen LogP contribution in [0.15, 0.2) is 72.3 Å². The smallest absolute Gasteiger partial charge is 0.524 e. The number of esters is 1. The second kappa shape index (κ2) is 26.3. The molecule has 1 heterocycles. The standard InChI is InChI=1S/C59H85N2O13P.ClH/c1-5-61(6-2,38-44-33-43(24-27-51(44)74-75(67,68)69)50(64)37-60-30-16-7-8-17-31-70-32-18-15-21-41-19-11-9-12-20-41)39-54(66)71-40-52(65)59-53(72-56(73-59)42-22-13-10-14-23-42)35-48-47-26-25-45-34-46(62)28-29-57(45,3)55(47)49(63)36-58(48,59)4;/h9,11-12,19-20,24,27-29,33-34,42,47-50,53,55-56,60,63-64H,5-8,10,13-18,21-23,25-26,30-32,35-40H2,1-4H3,(H-,67,68,69);1H/t47-,48-,49-,50?,53+,55+,56+,57-,58-,59+;/m0./s1. The van der Waals surface area contributed by atoms with Gasteiger partial charge in [0, 0.05) is 48.0 Å². The third kappa shape index (κ3) is 13.5. The second-order valence-electron chi connectivity index (χ2n) is 23.2. The minimum Gasteiger partial charge on any atom is -1.00 e. The highest BCUT2D eigenvalue weighted by atomic mass is 35.5. The number of nitrogens with zero attached hydrogens (tertiary/aromatic N) is 1. The van der Waals surface area contributed by atoms with E-state index in [1.165, 1.54) is 11.6 Å². The molecule has 1 saturated heterocycles. The van der Waals surface area contributed by atoms with Crippen molar-refractivity contribution in [1.82, 2.24) is 5.32 Å². The molecular formula is C59H86ClN2O13P. The Morgan fingerprint density at radius 2 is 1.67 bits per heavy atom. The van der Waals surface area contributed by atoms with Crippen LogP contribution in [-0.2, 0) is 50.9 Å². The number of benzene rings is 2. The van der Waals surface area contributed by atoms with E-state index in [1.54, 1.807) is 24.3 Å². The van der Waals surface area contributed by atoms with E-state index in [9.17, 15) is 34.2 Å². The van der Waals surface area contributed by atoms with Gasteiger partial charge in [-0.3, -0.25) is 19.4 Å². The minimum atomic E-state index is -4.99. The highest BCUT2D eigenvalue weighted by Gasteiger charge is 2.76. The molecule has 1 unspecified atom stereocenters. The predicted octanol–water partition coefficient (Wildman–Crippen LogP) is 5.80. The molecule has 5 fully saturated rings. The first kappa shape index (κ1) is 60.3. The number of phosphoric ester groups is 1. The van der Waals surface area contributed by atoms with Crippen molar-refractivity contribution in [2.24, 2.45) is 34.5 Å². The Morgan fingerprint density at radius 3 is 2.39 bits per heavy atom. The largest absolute Gasteiger partial charge is 1.00 e. The highest BCUT2D eigenvalue weighted by Crippen LogP contribution is 2.70. The molecule has 1 aliphatic heterocycles. The monoisotopic (exact) mass is 1100 g/mol. The van der Waals surface area contributed by atoms with E-state index < -0.39 is 61.4 Å². The van der Waals surface area contributed by atoms with Crippen LogP contribution < -0.4 is 22.2 Å². The van der Waals surface area contributed by atoms with Crippen molar-refractivity contribution in [1.29, 1.82) is 0 Å². The van der Waals surface area contributed by atoms with Gasteiger partial charge in [0.1, 0.15) is 12.3 Å². The normalized spacial score (nSPS) is 29.6. The summed E-state index contributed by atoms with van der Waals surface area (Å²) >= 11 is 0. The number of rotatable bonds is 27. The Morgan fingerprint density at radius 1 is 0.947 bits per heavy atom. The Balaban J connectivity index is 0.00000840. The Kier molecular flexibility index (Phi) is 20.9. The minimum absolute atomic E-state index is 0. The van der Waals surface area contributed by atoms with Crippen LogP contribution >= 0.6 is 7.82 Å². The fraction of sp³-hybridized carbons (Fsp3) is 0.678. The fourth-order valence-electron chi connectivity index (χ4n) is 14.5. The highest BCUT2D eigenvalue weighted by molar-refractivity contribution is 7.46. The molecule has 5 aliphatic carbocycles. The molecule has 0 aromatic heterocycles. The average molecular weight is 1100 g/mol. The van der Waals surface area contributed by atoms with E-state index in [0.29, 0.717) is 43.6 Å². The molecule has 15 nitrogen and oxygen atoms in total. The number of halogens is 1. The molecule has 422 valence electrons. The number of Topliss-reactive ketones (excluding diaryl/α,β-unsaturated/α-hetero) is 1. The number of aryl methyl sites for hydroxylation is 1. The number of hydrogen-bond donors (Lipinski definition) is 5. The summed E-state index contributed by atoms with van der Waals surface area (Å²) in [4.78, 5) is 61.6. The SMILES string of the molecule is CC[N+](CC)(CC(=O)OCC(=O)[C@@]12O[C@H](C3CCCCC3)O[C@@H]1C[C@H]1[C@@H]3CCC4=CC(=O)C=C[C@]4(C)[C@H]3[C@@H](O)C[C@@]12C)Cc1cc(C(O)CNCCCCCCOCCCCc2ccccc2)ccc1OP(=O)(O)O.[Cl-]. The number of aliphatic hydroxyl groups is 2. The van der Waals surface area contributed by atoms with Gasteiger partial charge in [-0.15, -0.1) is 0 Å². The molecule has 0 amide bonds. The first-order valence-corrected chi connectivity index (χ1v) is 29.8. The van der Waals surface area contributed by atoms with Gasteiger partial charge < -0.3 is 55.9 Å². The van der Waals surface area contributed by atoms with Crippen LogP contribution in [0.25, 0.3) is 0 Å². The number of carbonyl (C=O) groups is 3. The molecule has 5 N–H and O–H groups in total. The van der Waals surface area contributed by atoms with Gasteiger partial charge in [0.05, 0.1) is 31.4 Å². The van der Waals surface area contributed by atoms with E-state index in [0.717, 1.165) is 109 Å². The maximum Gasteiger partial charge on any atom is 0.524 e. The molecule has 8 rings (SSSR count). The van der Waals surface area contributed by atoms with E-state index in [-0.39, 0.29) is 77.5 Å². The van der Waals surface area contributed by atoms with Crippen molar-refractivity contribution in [3.63, 3.8) is 0 Å². The first-order chi connectivity index (χ1) is 35.9. The molecule has 6 aliphatic rings. The molecule has 2 aromatic rings. The maximum absolute atomic E-state index is 15.2. The van der Waals surface area contributed by atoms with Gasteiger partial charge >= 0.3 is 13.8 Å². The second-order valence-corrected chi connectivity index (χ2v) is 24.4. The van der Waals surface area contributed by atoms with Crippen molar-refractivity contribution in [3.05, 3.63) is 89.0 Å². The summed E-state index contributed by atoms with van der Waals surface area (Å²) in [6.45, 7) is 10.8. The molecule has 10 atom stereocenters. The molecule has 17 heteroatoms. The first-order valence-electron chi connectivity index (χ1n) is 28.3. The lowest BCUT2D eigenvalue weighted by atomic mass is 9.46. The number of aliphatic hydroxyl groups excluding tert-OH is 2. The molecule has 2 aromatic carbocycles. The number of ether oxygens (including phenoxy) is 4. The predicted molar refractivity (Wildman–Crippen MR) is 284 cm³/mol. The van der Waals surface area contributed by atoms with Gasteiger partial charge in [-0.05, 0) is 138 Å². The van der Waals surface area contributed by atoms with E-state index >= 15 is 4.79 Å². The number of carbonyl (C=O) groups excluding carboxylic acids is 3. The van der Waals surface area contributed by atoms with Crippen molar-refractivity contribution in [2.75, 3.05) is 52.5 Å². The van der Waals surface area contributed by atoms with E-state index in [2.05, 4.69) is 43.4 Å². The summed E-state index contributed by atoms with van der Waals surface area (Å²) in [6.07, 6.45) is 17.2. The lowest BCUT2D eigenvalue weighted by Gasteiger charge is -2.59. The summed E-state index contributed by atoms with van der Waals surface area (Å²) in [5.41, 5.74) is 0.570. The van der Waals surface area contributed by atoms with Crippen LogP contribution in [0.2, 0.25) is 0 Å². The number of allylic oxidation sites excluding steroid dienone is 4. The zero-order valence-electron chi connectivity index (χ0n) is 45.4. The number of likely N-dealkylation sites (N-methyl/N-ethyl adjacent to an activating group) is 1. The zero-order valence-corrected chi connectivity index (χ0v) is 47.0. The molecule has 0 spiro atoms. The summed E-state index contributed by atoms with van der Waals surface area (Å²) in [5.74, 6) is -1.09. The Bertz CT molecular complexity index is 2390. The average Bonchev–Trinajstić information content (AvgIpc) is 3.90. The van der Waals surface area contributed by atoms with Crippen LogP contribution in [0.5, 0.6) is 5.75 Å². The summed E-state index contributed by atoms with van der Waals surface area (Å²) in [6, 6.07) is 15.2. The number of hydrogen-bond acceptors (Lipinski definition) is 12. The van der Waals surface area contributed by atoms with Crippen LogP contribution in [0.3, 0.4) is 0 Å². The molecular weight excluding hydrogens is 1010 g/mol. The van der Waals surface area contributed by atoms with Crippen LogP contribution in [0.1, 0.15) is 147 Å². The van der Waals surface area contributed by atoms with Gasteiger partial charge in [-0.1, -0.05) is 94.0 Å².